The number of hydrogen-bond donors (Lipinski definition) is 2. The van der Waals surface area contributed by atoms with Crippen LogP contribution in [0.15, 0.2) is 83.1 Å². The highest BCUT2D eigenvalue weighted by molar-refractivity contribution is 8.02. The van der Waals surface area contributed by atoms with Crippen LogP contribution in [0.25, 0.3) is 10.8 Å². The summed E-state index contributed by atoms with van der Waals surface area (Å²) in [6, 6.07) is 21.9. The SMILES string of the molecule is NCc1ccc(NC(=O)C=CSc2cccc3ccccc23)cc1. The Balaban J connectivity index is 1.63. The highest BCUT2D eigenvalue weighted by atomic mass is 32.2. The zero-order valence-electron chi connectivity index (χ0n) is 13.1. The molecular formula is C20H18N2OS. The van der Waals surface area contributed by atoms with Gasteiger partial charge in [0.2, 0.25) is 5.91 Å². The highest BCUT2D eigenvalue weighted by Crippen LogP contribution is 2.28. The molecule has 3 rings (SSSR count). The smallest absolute Gasteiger partial charge is 0.248 e. The van der Waals surface area contributed by atoms with Crippen molar-refractivity contribution in [3.05, 3.63) is 83.8 Å². The van der Waals surface area contributed by atoms with Gasteiger partial charge >= 0.3 is 0 Å². The Kier molecular flexibility index (Phi) is 5.31. The molecule has 3 nitrogen and oxygen atoms in total. The summed E-state index contributed by atoms with van der Waals surface area (Å²) in [5.74, 6) is -0.150. The van der Waals surface area contributed by atoms with E-state index in [0.29, 0.717) is 6.54 Å². The van der Waals surface area contributed by atoms with Crippen LogP contribution < -0.4 is 11.1 Å². The fourth-order valence-electron chi connectivity index (χ4n) is 2.38. The second kappa shape index (κ2) is 7.81. The van der Waals surface area contributed by atoms with Gasteiger partial charge in [0.1, 0.15) is 0 Å². The van der Waals surface area contributed by atoms with Crippen LogP contribution in [0.4, 0.5) is 5.69 Å². The first-order chi connectivity index (χ1) is 11.8. The summed E-state index contributed by atoms with van der Waals surface area (Å²) in [5.41, 5.74) is 7.36. The van der Waals surface area contributed by atoms with Crippen LogP contribution in [0.1, 0.15) is 5.56 Å². The van der Waals surface area contributed by atoms with E-state index >= 15 is 0 Å². The van der Waals surface area contributed by atoms with E-state index in [9.17, 15) is 4.79 Å². The number of carbonyl (C=O) groups is 1. The van der Waals surface area contributed by atoms with E-state index in [1.807, 2.05) is 47.9 Å². The van der Waals surface area contributed by atoms with Gasteiger partial charge in [0, 0.05) is 23.2 Å². The van der Waals surface area contributed by atoms with Crippen LogP contribution >= 0.6 is 11.8 Å². The molecule has 0 unspecified atom stereocenters. The van der Waals surface area contributed by atoms with Crippen LogP contribution in [0.3, 0.4) is 0 Å². The van der Waals surface area contributed by atoms with Crippen LogP contribution in [0, 0.1) is 0 Å². The molecule has 0 saturated heterocycles. The average Bonchev–Trinajstić information content (AvgIpc) is 2.62. The van der Waals surface area contributed by atoms with Gasteiger partial charge in [0.05, 0.1) is 0 Å². The second-order valence-corrected chi connectivity index (χ2v) is 6.24. The number of nitrogens with two attached hydrogens (primary N) is 1. The Morgan fingerprint density at radius 3 is 2.54 bits per heavy atom. The second-order valence-electron chi connectivity index (χ2n) is 5.29. The lowest BCUT2D eigenvalue weighted by Crippen LogP contribution is -2.07. The van der Waals surface area contributed by atoms with Crippen LogP contribution in [0.5, 0.6) is 0 Å². The molecule has 0 aliphatic rings. The summed E-state index contributed by atoms with van der Waals surface area (Å²) in [6.07, 6.45) is 1.54. The normalized spacial score (nSPS) is 11.0. The third-order valence-corrected chi connectivity index (χ3v) is 4.50. The molecule has 1 amide bonds. The van der Waals surface area contributed by atoms with Gasteiger partial charge in [0.25, 0.3) is 0 Å². The van der Waals surface area contributed by atoms with Gasteiger partial charge in [0.15, 0.2) is 0 Å². The van der Waals surface area contributed by atoms with Gasteiger partial charge in [-0.15, -0.1) is 0 Å². The Morgan fingerprint density at radius 1 is 1.00 bits per heavy atom. The fraction of sp³-hybridized carbons (Fsp3) is 0.0500. The van der Waals surface area contributed by atoms with Crippen molar-refractivity contribution < 1.29 is 4.79 Å². The minimum Gasteiger partial charge on any atom is -0.326 e. The Hall–Kier alpha value is -2.56. The van der Waals surface area contributed by atoms with Crippen LogP contribution in [-0.4, -0.2) is 5.91 Å². The average molecular weight is 334 g/mol. The van der Waals surface area contributed by atoms with E-state index in [1.165, 1.54) is 22.5 Å². The number of amides is 1. The number of fused-ring (bicyclic) bond motifs is 1. The standard InChI is InChI=1S/C20H18N2OS/c21-14-15-8-10-17(11-9-15)22-20(23)12-13-24-19-7-3-5-16-4-1-2-6-18(16)19/h1-13H,14,21H2,(H,22,23). The van der Waals surface area contributed by atoms with Crippen molar-refractivity contribution in [2.24, 2.45) is 5.73 Å². The number of nitrogens with one attached hydrogen (secondary N) is 1. The van der Waals surface area contributed by atoms with Crippen molar-refractivity contribution in [3.63, 3.8) is 0 Å². The van der Waals surface area contributed by atoms with Crippen molar-refractivity contribution in [1.29, 1.82) is 0 Å². The highest BCUT2D eigenvalue weighted by Gasteiger charge is 2.00. The van der Waals surface area contributed by atoms with Crippen molar-refractivity contribution in [2.45, 2.75) is 11.4 Å². The Morgan fingerprint density at radius 2 is 1.75 bits per heavy atom. The first kappa shape index (κ1) is 16.3. The molecule has 24 heavy (non-hydrogen) atoms. The number of hydrogen-bond acceptors (Lipinski definition) is 3. The van der Waals surface area contributed by atoms with E-state index < -0.39 is 0 Å². The number of rotatable bonds is 5. The third-order valence-electron chi connectivity index (χ3n) is 3.62. The maximum Gasteiger partial charge on any atom is 0.248 e. The van der Waals surface area contributed by atoms with E-state index in [-0.39, 0.29) is 5.91 Å². The molecule has 0 bridgehead atoms. The Labute approximate surface area is 145 Å². The van der Waals surface area contributed by atoms with Gasteiger partial charge < -0.3 is 11.1 Å². The zero-order chi connectivity index (χ0) is 16.8. The number of carbonyl (C=O) groups excluding carboxylic acids is 1. The molecule has 3 N–H and O–H groups in total. The summed E-state index contributed by atoms with van der Waals surface area (Å²) in [6.45, 7) is 0.496. The number of anilines is 1. The first-order valence-corrected chi connectivity index (χ1v) is 8.55. The van der Waals surface area contributed by atoms with E-state index in [0.717, 1.165) is 16.1 Å². The molecule has 0 aliphatic heterocycles. The monoisotopic (exact) mass is 334 g/mol. The van der Waals surface area contributed by atoms with Crippen molar-refractivity contribution in [1.82, 2.24) is 0 Å². The van der Waals surface area contributed by atoms with Gasteiger partial charge in [-0.3, -0.25) is 4.79 Å². The molecule has 0 atom stereocenters. The molecule has 0 aromatic heterocycles. The maximum absolute atomic E-state index is 12.0. The lowest BCUT2D eigenvalue weighted by Gasteiger charge is -2.04. The predicted molar refractivity (Wildman–Crippen MR) is 102 cm³/mol. The zero-order valence-corrected chi connectivity index (χ0v) is 13.9. The lowest BCUT2D eigenvalue weighted by atomic mass is 10.1. The van der Waals surface area contributed by atoms with E-state index in [2.05, 4.69) is 29.6 Å². The lowest BCUT2D eigenvalue weighted by molar-refractivity contribution is -0.111. The molecule has 0 spiro atoms. The third kappa shape index (κ3) is 4.04. The Bertz CT molecular complexity index is 867. The molecule has 120 valence electrons. The van der Waals surface area contributed by atoms with Crippen molar-refractivity contribution in [3.8, 4) is 0 Å². The molecule has 3 aromatic carbocycles. The maximum atomic E-state index is 12.0. The quantitative estimate of drug-likeness (QED) is 0.532. The van der Waals surface area contributed by atoms with Crippen LogP contribution in [-0.2, 0) is 11.3 Å². The minimum absolute atomic E-state index is 0.150. The topological polar surface area (TPSA) is 55.1 Å². The predicted octanol–water partition coefficient (Wildman–Crippen LogP) is 4.54. The molecule has 0 fully saturated rings. The molecule has 0 aliphatic carbocycles. The molecule has 0 saturated carbocycles. The van der Waals surface area contributed by atoms with E-state index in [4.69, 9.17) is 5.73 Å². The van der Waals surface area contributed by atoms with Gasteiger partial charge in [-0.1, -0.05) is 60.3 Å². The fourth-order valence-corrected chi connectivity index (χ4v) is 3.18. The van der Waals surface area contributed by atoms with E-state index in [1.54, 1.807) is 6.08 Å². The summed E-state index contributed by atoms with van der Waals surface area (Å²) >= 11 is 1.54. The summed E-state index contributed by atoms with van der Waals surface area (Å²) < 4.78 is 0. The van der Waals surface area contributed by atoms with Crippen molar-refractivity contribution >= 4 is 34.1 Å². The molecular weight excluding hydrogens is 316 g/mol. The molecule has 4 heteroatoms. The summed E-state index contributed by atoms with van der Waals surface area (Å²) in [4.78, 5) is 13.1. The van der Waals surface area contributed by atoms with Gasteiger partial charge in [-0.25, -0.2) is 0 Å². The molecule has 3 aromatic rings. The minimum atomic E-state index is -0.150. The first-order valence-electron chi connectivity index (χ1n) is 7.67. The van der Waals surface area contributed by atoms with Crippen molar-refractivity contribution in [2.75, 3.05) is 5.32 Å². The number of thioether (sulfide) groups is 1. The molecule has 0 heterocycles. The number of benzene rings is 3. The van der Waals surface area contributed by atoms with Crippen LogP contribution in [0.2, 0.25) is 0 Å². The van der Waals surface area contributed by atoms with Gasteiger partial charge in [-0.2, -0.15) is 0 Å². The summed E-state index contributed by atoms with van der Waals surface area (Å²) in [7, 11) is 0. The summed E-state index contributed by atoms with van der Waals surface area (Å²) in [5, 5.41) is 7.03. The largest absolute Gasteiger partial charge is 0.326 e. The van der Waals surface area contributed by atoms with Gasteiger partial charge in [-0.05, 0) is 39.9 Å². The molecule has 0 radical (unpaired) electrons.